The summed E-state index contributed by atoms with van der Waals surface area (Å²) < 4.78 is 0.354. The number of hydrogen-bond acceptors (Lipinski definition) is 2. The van der Waals surface area contributed by atoms with Crippen molar-refractivity contribution in [3.63, 3.8) is 0 Å². The molecule has 0 radical (unpaired) electrons. The van der Waals surface area contributed by atoms with Gasteiger partial charge in [0.2, 0.25) is 0 Å². The van der Waals surface area contributed by atoms with Crippen LogP contribution in [-0.2, 0) is 0 Å². The van der Waals surface area contributed by atoms with Crippen LogP contribution in [0, 0.1) is 0 Å². The second kappa shape index (κ2) is 4.78. The third kappa shape index (κ3) is 5.81. The fourth-order valence-corrected chi connectivity index (χ4v) is 0.331. The Bertz CT molecular complexity index is 123. The van der Waals surface area contributed by atoms with Crippen LogP contribution in [0.5, 0.6) is 0 Å². The Morgan fingerprint density at radius 2 is 1.89 bits per heavy atom. The summed E-state index contributed by atoms with van der Waals surface area (Å²) in [6.07, 6.45) is 0. The van der Waals surface area contributed by atoms with Crippen molar-refractivity contribution < 1.29 is 0 Å². The SMILES string of the molecule is CNC(=S)NNC(=S)S. The van der Waals surface area contributed by atoms with E-state index in [0.717, 1.165) is 0 Å². The second-order valence-corrected chi connectivity index (χ2v) is 2.70. The molecule has 0 aliphatic carbocycles. The Morgan fingerprint density at radius 3 is 2.22 bits per heavy atom. The Balaban J connectivity index is 3.28. The molecule has 0 heterocycles. The molecular weight excluding hydrogens is 174 g/mol. The smallest absolute Gasteiger partial charge is 0.184 e. The molecule has 0 atom stereocenters. The molecule has 0 spiro atoms. The molecule has 52 valence electrons. The fraction of sp³-hybridized carbons (Fsp3) is 0.333. The first-order chi connectivity index (χ1) is 4.16. The second-order valence-electron chi connectivity index (χ2n) is 1.13. The summed E-state index contributed by atoms with van der Waals surface area (Å²) in [6, 6.07) is 0. The monoisotopic (exact) mass is 181 g/mol. The highest BCUT2D eigenvalue weighted by Crippen LogP contribution is 1.72. The molecule has 0 aliphatic heterocycles. The van der Waals surface area contributed by atoms with Gasteiger partial charge in [-0.2, -0.15) is 0 Å². The van der Waals surface area contributed by atoms with E-state index in [1.807, 2.05) is 0 Å². The zero-order chi connectivity index (χ0) is 7.28. The quantitative estimate of drug-likeness (QED) is 0.236. The average Bonchev–Trinajstić information content (AvgIpc) is 1.83. The normalized spacial score (nSPS) is 7.78. The average molecular weight is 181 g/mol. The summed E-state index contributed by atoms with van der Waals surface area (Å²) in [5.41, 5.74) is 5.12. The van der Waals surface area contributed by atoms with E-state index in [0.29, 0.717) is 9.43 Å². The van der Waals surface area contributed by atoms with E-state index in [1.165, 1.54) is 0 Å². The van der Waals surface area contributed by atoms with Crippen molar-refractivity contribution in [3.8, 4) is 0 Å². The molecule has 0 aromatic rings. The van der Waals surface area contributed by atoms with Gasteiger partial charge in [0.15, 0.2) is 5.11 Å². The molecule has 0 saturated carbocycles. The third-order valence-corrected chi connectivity index (χ3v) is 1.03. The summed E-state index contributed by atoms with van der Waals surface area (Å²) in [5, 5.41) is 3.16. The topological polar surface area (TPSA) is 36.1 Å². The molecule has 3 nitrogen and oxygen atoms in total. The maximum atomic E-state index is 4.70. The number of thiocarbonyl (C=S) groups is 2. The summed E-state index contributed by atoms with van der Waals surface area (Å²) in [4.78, 5) is 0. The van der Waals surface area contributed by atoms with Gasteiger partial charge < -0.3 is 5.32 Å². The molecule has 0 fully saturated rings. The van der Waals surface area contributed by atoms with Crippen molar-refractivity contribution in [2.45, 2.75) is 0 Å². The van der Waals surface area contributed by atoms with Crippen LogP contribution in [0.4, 0.5) is 0 Å². The van der Waals surface area contributed by atoms with Crippen LogP contribution in [0.2, 0.25) is 0 Å². The molecular formula is C3H7N3S3. The van der Waals surface area contributed by atoms with Crippen molar-refractivity contribution in [3.05, 3.63) is 0 Å². The van der Waals surface area contributed by atoms with Crippen LogP contribution in [0.3, 0.4) is 0 Å². The minimum Gasteiger partial charge on any atom is -0.364 e. The van der Waals surface area contributed by atoms with Crippen molar-refractivity contribution in [1.82, 2.24) is 16.2 Å². The van der Waals surface area contributed by atoms with Crippen molar-refractivity contribution >= 4 is 46.5 Å². The van der Waals surface area contributed by atoms with E-state index < -0.39 is 0 Å². The molecule has 0 rings (SSSR count). The van der Waals surface area contributed by atoms with Gasteiger partial charge in [-0.25, -0.2) is 0 Å². The number of thiol groups is 1. The highest BCUT2D eigenvalue weighted by atomic mass is 32.1. The Kier molecular flexibility index (Phi) is 4.74. The Hall–Kier alpha value is -0.0700. The standard InChI is InChI=1S/C3H7N3S3/c1-4-2(7)5-6-3(8)9/h1H3,(H2,4,5,7)(H2,6,8,9). The van der Waals surface area contributed by atoms with E-state index in [2.05, 4.69) is 41.0 Å². The van der Waals surface area contributed by atoms with E-state index in [1.54, 1.807) is 7.05 Å². The van der Waals surface area contributed by atoms with Gasteiger partial charge in [-0.1, -0.05) is 12.2 Å². The summed E-state index contributed by atoms with van der Waals surface area (Å²) in [5.74, 6) is 0. The van der Waals surface area contributed by atoms with Gasteiger partial charge in [-0.15, -0.1) is 12.6 Å². The maximum absolute atomic E-state index is 4.70. The van der Waals surface area contributed by atoms with E-state index in [4.69, 9.17) is 12.2 Å². The molecule has 3 N–H and O–H groups in total. The lowest BCUT2D eigenvalue weighted by molar-refractivity contribution is 0.865. The molecule has 0 bridgehead atoms. The van der Waals surface area contributed by atoms with E-state index in [9.17, 15) is 0 Å². The third-order valence-electron chi connectivity index (χ3n) is 0.510. The van der Waals surface area contributed by atoms with Gasteiger partial charge in [-0.05, 0) is 12.2 Å². The first-order valence-corrected chi connectivity index (χ1v) is 3.40. The summed E-state index contributed by atoms with van der Waals surface area (Å²) in [7, 11) is 1.71. The minimum absolute atomic E-state index is 0.354. The van der Waals surface area contributed by atoms with Crippen molar-refractivity contribution in [1.29, 1.82) is 0 Å². The lowest BCUT2D eigenvalue weighted by atomic mass is 11.1. The molecule has 0 amide bonds. The largest absolute Gasteiger partial charge is 0.364 e. The van der Waals surface area contributed by atoms with Gasteiger partial charge >= 0.3 is 0 Å². The molecule has 0 aromatic carbocycles. The van der Waals surface area contributed by atoms with E-state index in [-0.39, 0.29) is 0 Å². The number of hydrogen-bond donors (Lipinski definition) is 4. The van der Waals surface area contributed by atoms with Crippen LogP contribution >= 0.6 is 37.1 Å². The first-order valence-electron chi connectivity index (χ1n) is 2.13. The molecule has 6 heteroatoms. The van der Waals surface area contributed by atoms with Gasteiger partial charge in [0, 0.05) is 7.05 Å². The number of hydrazine groups is 1. The number of nitrogens with one attached hydrogen (secondary N) is 3. The highest BCUT2D eigenvalue weighted by molar-refractivity contribution is 8.11. The molecule has 0 aliphatic rings. The Labute approximate surface area is 70.0 Å². The fourth-order valence-electron chi connectivity index (χ4n) is 0.173. The van der Waals surface area contributed by atoms with Crippen LogP contribution in [0.15, 0.2) is 0 Å². The predicted molar refractivity (Wildman–Crippen MR) is 49.5 cm³/mol. The first kappa shape index (κ1) is 8.93. The van der Waals surface area contributed by atoms with Gasteiger partial charge in [0.05, 0.1) is 0 Å². The lowest BCUT2D eigenvalue weighted by Crippen LogP contribution is -2.43. The highest BCUT2D eigenvalue weighted by Gasteiger charge is 1.87. The van der Waals surface area contributed by atoms with Crippen molar-refractivity contribution in [2.75, 3.05) is 7.05 Å². The zero-order valence-electron chi connectivity index (χ0n) is 4.76. The molecule has 0 aromatic heterocycles. The maximum Gasteiger partial charge on any atom is 0.184 e. The Morgan fingerprint density at radius 1 is 1.33 bits per heavy atom. The van der Waals surface area contributed by atoms with Gasteiger partial charge in [0.1, 0.15) is 4.32 Å². The van der Waals surface area contributed by atoms with Crippen LogP contribution in [-0.4, -0.2) is 16.5 Å². The van der Waals surface area contributed by atoms with Gasteiger partial charge in [-0.3, -0.25) is 10.9 Å². The minimum atomic E-state index is 0.354. The van der Waals surface area contributed by atoms with Crippen molar-refractivity contribution in [2.24, 2.45) is 0 Å². The molecule has 0 unspecified atom stereocenters. The van der Waals surface area contributed by atoms with Crippen LogP contribution < -0.4 is 16.2 Å². The van der Waals surface area contributed by atoms with Crippen LogP contribution in [0.1, 0.15) is 0 Å². The number of rotatable bonds is 0. The zero-order valence-corrected chi connectivity index (χ0v) is 7.29. The van der Waals surface area contributed by atoms with Crippen LogP contribution in [0.25, 0.3) is 0 Å². The van der Waals surface area contributed by atoms with E-state index >= 15 is 0 Å². The summed E-state index contributed by atoms with van der Waals surface area (Å²) in [6.45, 7) is 0. The predicted octanol–water partition coefficient (Wildman–Crippen LogP) is -0.200. The molecule has 9 heavy (non-hydrogen) atoms. The van der Waals surface area contributed by atoms with Gasteiger partial charge in [0.25, 0.3) is 0 Å². The molecule has 0 saturated heterocycles. The summed E-state index contributed by atoms with van der Waals surface area (Å²) >= 11 is 13.0. The lowest BCUT2D eigenvalue weighted by Gasteiger charge is -2.06.